The third-order valence-corrected chi connectivity index (χ3v) is 10.9. The Bertz CT molecular complexity index is 788. The van der Waals surface area contributed by atoms with Gasteiger partial charge in [-0.25, -0.2) is 0 Å². The molecule has 0 aromatic heterocycles. The van der Waals surface area contributed by atoms with Gasteiger partial charge in [0.1, 0.15) is 0 Å². The van der Waals surface area contributed by atoms with Crippen LogP contribution in [0.25, 0.3) is 0 Å². The van der Waals surface area contributed by atoms with Crippen molar-refractivity contribution in [2.24, 2.45) is 0 Å². The Morgan fingerprint density at radius 3 is 1.02 bits per heavy atom. The van der Waals surface area contributed by atoms with Crippen LogP contribution in [0.4, 0.5) is 0 Å². The molecule has 1 unspecified atom stereocenters. The maximum atomic E-state index is 13.9. The summed E-state index contributed by atoms with van der Waals surface area (Å²) in [5.74, 6) is 0.0396. The molecule has 1 atom stereocenters. The van der Waals surface area contributed by atoms with E-state index < -0.39 is 5.41 Å². The molecule has 0 saturated heterocycles. The lowest BCUT2D eigenvalue weighted by Crippen LogP contribution is -2.38. The van der Waals surface area contributed by atoms with Crippen molar-refractivity contribution in [3.8, 4) is 0 Å². The molecular weight excluding hydrogens is 585 g/mol. The number of rotatable bonds is 37. The highest BCUT2D eigenvalue weighted by molar-refractivity contribution is 5.83. The largest absolute Gasteiger partial charge is 0.465 e. The lowest BCUT2D eigenvalue weighted by Gasteiger charge is -2.32. The SMILES string of the molecule is CCCCCCCCCCCCCCCCCCC(CCCCCCCCCCCCCCCC)(C(=O)OCCCC)c1ccccc1. The lowest BCUT2D eigenvalue weighted by molar-refractivity contribution is -0.151. The minimum Gasteiger partial charge on any atom is -0.465 e. The highest BCUT2D eigenvalue weighted by atomic mass is 16.5. The van der Waals surface area contributed by atoms with E-state index in [0.29, 0.717) is 6.61 Å². The van der Waals surface area contributed by atoms with Crippen LogP contribution in [0.1, 0.15) is 245 Å². The molecule has 280 valence electrons. The summed E-state index contributed by atoms with van der Waals surface area (Å²) >= 11 is 0. The molecule has 0 saturated carbocycles. The zero-order valence-corrected chi connectivity index (χ0v) is 33.0. The van der Waals surface area contributed by atoms with Gasteiger partial charge >= 0.3 is 5.97 Å². The van der Waals surface area contributed by atoms with Crippen LogP contribution in [0.5, 0.6) is 0 Å². The van der Waals surface area contributed by atoms with Crippen molar-refractivity contribution in [1.29, 1.82) is 0 Å². The second kappa shape index (κ2) is 34.2. The average Bonchev–Trinajstić information content (AvgIpc) is 3.11. The molecule has 48 heavy (non-hydrogen) atoms. The molecule has 0 fully saturated rings. The highest BCUT2D eigenvalue weighted by Gasteiger charge is 2.40. The Balaban J connectivity index is 2.40. The molecule has 2 heteroatoms. The van der Waals surface area contributed by atoms with E-state index in [9.17, 15) is 4.79 Å². The number of benzene rings is 1. The first kappa shape index (κ1) is 44.7. The van der Waals surface area contributed by atoms with Gasteiger partial charge in [0.25, 0.3) is 0 Å². The predicted octanol–water partition coefficient (Wildman–Crippen LogP) is 15.8. The minimum atomic E-state index is -0.484. The zero-order valence-electron chi connectivity index (χ0n) is 33.0. The smallest absolute Gasteiger partial charge is 0.316 e. The zero-order chi connectivity index (χ0) is 34.6. The summed E-state index contributed by atoms with van der Waals surface area (Å²) in [6, 6.07) is 10.7. The van der Waals surface area contributed by atoms with Gasteiger partial charge < -0.3 is 4.74 Å². The van der Waals surface area contributed by atoms with Gasteiger partial charge in [0, 0.05) is 0 Å². The molecule has 0 spiro atoms. The normalized spacial score (nSPS) is 12.7. The van der Waals surface area contributed by atoms with Crippen molar-refractivity contribution in [3.63, 3.8) is 0 Å². The van der Waals surface area contributed by atoms with Crippen molar-refractivity contribution >= 4 is 5.97 Å². The molecular formula is C46H84O2. The van der Waals surface area contributed by atoms with Crippen molar-refractivity contribution in [1.82, 2.24) is 0 Å². The van der Waals surface area contributed by atoms with E-state index in [-0.39, 0.29) is 5.97 Å². The van der Waals surface area contributed by atoms with E-state index >= 15 is 0 Å². The number of carbonyl (C=O) groups is 1. The van der Waals surface area contributed by atoms with Crippen LogP contribution in [0, 0.1) is 0 Å². The molecule has 0 aliphatic rings. The van der Waals surface area contributed by atoms with Gasteiger partial charge in [0.15, 0.2) is 0 Å². The molecule has 0 N–H and O–H groups in total. The number of esters is 1. The van der Waals surface area contributed by atoms with Gasteiger partial charge in [-0.05, 0) is 24.8 Å². The summed E-state index contributed by atoms with van der Waals surface area (Å²) in [4.78, 5) is 13.9. The second-order valence-electron chi connectivity index (χ2n) is 15.3. The fourth-order valence-corrected chi connectivity index (χ4v) is 7.54. The number of ether oxygens (including phenoxy) is 1. The van der Waals surface area contributed by atoms with Crippen LogP contribution in [0.15, 0.2) is 30.3 Å². The highest BCUT2D eigenvalue weighted by Crippen LogP contribution is 2.38. The van der Waals surface area contributed by atoms with Crippen LogP contribution in [-0.4, -0.2) is 12.6 Å². The van der Waals surface area contributed by atoms with Gasteiger partial charge in [-0.1, -0.05) is 250 Å². The summed E-state index contributed by atoms with van der Waals surface area (Å²) in [5.41, 5.74) is 0.699. The van der Waals surface area contributed by atoms with Gasteiger partial charge in [-0.2, -0.15) is 0 Å². The van der Waals surface area contributed by atoms with Crippen molar-refractivity contribution in [2.45, 2.75) is 244 Å². The number of carbonyl (C=O) groups excluding carboxylic acids is 1. The monoisotopic (exact) mass is 669 g/mol. The van der Waals surface area contributed by atoms with Crippen molar-refractivity contribution < 1.29 is 9.53 Å². The van der Waals surface area contributed by atoms with E-state index in [0.717, 1.165) is 38.5 Å². The van der Waals surface area contributed by atoms with Gasteiger partial charge in [0.05, 0.1) is 12.0 Å². The van der Waals surface area contributed by atoms with E-state index in [1.807, 2.05) is 0 Å². The first-order valence-corrected chi connectivity index (χ1v) is 21.9. The summed E-state index contributed by atoms with van der Waals surface area (Å²) in [7, 11) is 0. The fourth-order valence-electron chi connectivity index (χ4n) is 7.54. The number of hydrogen-bond acceptors (Lipinski definition) is 2. The Hall–Kier alpha value is -1.31. The molecule has 1 aromatic carbocycles. The van der Waals surface area contributed by atoms with E-state index in [2.05, 4.69) is 51.1 Å². The summed E-state index contributed by atoms with van der Waals surface area (Å²) in [6.07, 6.45) is 44.9. The summed E-state index contributed by atoms with van der Waals surface area (Å²) in [6.45, 7) is 7.32. The lowest BCUT2D eigenvalue weighted by atomic mass is 9.72. The molecule has 1 rings (SSSR count). The van der Waals surface area contributed by atoms with Crippen LogP contribution in [0.3, 0.4) is 0 Å². The Morgan fingerprint density at radius 1 is 0.417 bits per heavy atom. The summed E-state index contributed by atoms with van der Waals surface area (Å²) in [5, 5.41) is 0. The van der Waals surface area contributed by atoms with Gasteiger partial charge in [0.2, 0.25) is 0 Å². The fraction of sp³-hybridized carbons (Fsp3) is 0.848. The third-order valence-electron chi connectivity index (χ3n) is 10.9. The average molecular weight is 669 g/mol. The standard InChI is InChI=1S/C46H84O2/c1-4-7-10-12-14-16-18-20-22-23-25-27-29-31-33-38-42-46(44-39-35-34-36-40-44,45(47)48-43-9-6-3)41-37-32-30-28-26-24-21-19-17-15-13-11-8-5-2/h34-36,39-40H,4-33,37-38,41-43H2,1-3H3. The molecule has 2 nitrogen and oxygen atoms in total. The maximum absolute atomic E-state index is 13.9. The van der Waals surface area contributed by atoms with E-state index in [1.54, 1.807) is 0 Å². The topological polar surface area (TPSA) is 26.3 Å². The molecule has 0 aliphatic heterocycles. The Labute approximate surface area is 301 Å². The molecule has 0 heterocycles. The van der Waals surface area contributed by atoms with Crippen molar-refractivity contribution in [2.75, 3.05) is 6.61 Å². The van der Waals surface area contributed by atoms with E-state index in [1.165, 1.54) is 185 Å². The van der Waals surface area contributed by atoms with Crippen LogP contribution in [0.2, 0.25) is 0 Å². The van der Waals surface area contributed by atoms with E-state index in [4.69, 9.17) is 4.74 Å². The van der Waals surface area contributed by atoms with Crippen LogP contribution in [-0.2, 0) is 14.9 Å². The third kappa shape index (κ3) is 23.9. The molecule has 1 aromatic rings. The molecule has 0 bridgehead atoms. The quantitative estimate of drug-likeness (QED) is 0.0521. The Morgan fingerprint density at radius 2 is 0.708 bits per heavy atom. The maximum Gasteiger partial charge on any atom is 0.316 e. The molecule has 0 radical (unpaired) electrons. The first-order chi connectivity index (χ1) is 23.7. The van der Waals surface area contributed by atoms with Gasteiger partial charge in [-0.15, -0.1) is 0 Å². The van der Waals surface area contributed by atoms with Gasteiger partial charge in [-0.3, -0.25) is 4.79 Å². The van der Waals surface area contributed by atoms with Crippen LogP contribution >= 0.6 is 0 Å². The van der Waals surface area contributed by atoms with Crippen molar-refractivity contribution in [3.05, 3.63) is 35.9 Å². The first-order valence-electron chi connectivity index (χ1n) is 21.9. The number of unbranched alkanes of at least 4 members (excludes halogenated alkanes) is 29. The second-order valence-corrected chi connectivity index (χ2v) is 15.3. The molecule has 0 amide bonds. The minimum absolute atomic E-state index is 0.0396. The predicted molar refractivity (Wildman–Crippen MR) is 213 cm³/mol. The Kier molecular flexibility index (Phi) is 31.8. The number of hydrogen-bond donors (Lipinski definition) is 0. The molecule has 0 aliphatic carbocycles. The summed E-state index contributed by atoms with van der Waals surface area (Å²) < 4.78 is 6.01. The van der Waals surface area contributed by atoms with Crippen LogP contribution < -0.4 is 0 Å².